The molecule has 0 saturated carbocycles. The molecule has 1 heterocycles. The van der Waals surface area contributed by atoms with E-state index in [-0.39, 0.29) is 5.91 Å². The van der Waals surface area contributed by atoms with E-state index in [1.807, 2.05) is 6.07 Å². The van der Waals surface area contributed by atoms with E-state index in [0.29, 0.717) is 28.0 Å². The number of hydrogen-bond donors (Lipinski definition) is 1. The summed E-state index contributed by atoms with van der Waals surface area (Å²) >= 11 is 6.84. The van der Waals surface area contributed by atoms with Crippen LogP contribution < -0.4 is 14.8 Å². The van der Waals surface area contributed by atoms with Crippen LogP contribution in [0.4, 0.5) is 5.00 Å². The van der Waals surface area contributed by atoms with E-state index in [9.17, 15) is 10.1 Å². The number of carbonyl (C=O) groups is 1. The zero-order valence-corrected chi connectivity index (χ0v) is 18.2. The fraction of sp³-hybridized carbons (Fsp3) is 0.318. The van der Waals surface area contributed by atoms with E-state index in [4.69, 9.17) is 21.7 Å². The first-order valence-corrected chi connectivity index (χ1v) is 10.5. The molecule has 3 rings (SSSR count). The molecule has 1 aliphatic carbocycles. The molecule has 1 amide bonds. The summed E-state index contributed by atoms with van der Waals surface area (Å²) in [5.41, 5.74) is 3.43. The van der Waals surface area contributed by atoms with Crippen molar-refractivity contribution >= 4 is 40.5 Å². The second-order valence-electron chi connectivity index (χ2n) is 6.95. The Morgan fingerprint density at radius 3 is 2.76 bits per heavy atom. The highest BCUT2D eigenvalue weighted by Gasteiger charge is 2.23. The number of nitrogens with zero attached hydrogens (tertiary/aromatic N) is 1. The molecule has 0 radical (unpaired) electrons. The van der Waals surface area contributed by atoms with E-state index in [1.54, 1.807) is 32.4 Å². The second-order valence-corrected chi connectivity index (χ2v) is 8.63. The maximum atomic E-state index is 12.5. The number of amides is 1. The van der Waals surface area contributed by atoms with E-state index in [0.717, 1.165) is 39.8 Å². The standard InChI is InChI=1S/C22H22N2O3S2/c1-13-4-7-15-16(10-13)22(28)29-21(17(15)12-23)24-20(25)9-6-14-5-8-18(26-2)19(11-14)27-3/h5-6,8-9,11,13H,4,7,10H2,1-3H3,(H,24,25)/b9-6+. The Kier molecular flexibility index (Phi) is 6.68. The Hall–Kier alpha value is -2.69. The summed E-state index contributed by atoms with van der Waals surface area (Å²) in [5.74, 6) is 1.46. The van der Waals surface area contributed by atoms with Crippen molar-refractivity contribution in [3.63, 3.8) is 0 Å². The smallest absolute Gasteiger partial charge is 0.249 e. The third kappa shape index (κ3) is 4.66. The number of carbonyl (C=O) groups excluding carboxylic acids is 1. The fourth-order valence-corrected chi connectivity index (χ4v) is 4.82. The Morgan fingerprint density at radius 2 is 2.07 bits per heavy atom. The summed E-state index contributed by atoms with van der Waals surface area (Å²) in [4.78, 5) is 12.5. The Balaban J connectivity index is 1.83. The summed E-state index contributed by atoms with van der Waals surface area (Å²) in [6.45, 7) is 2.20. The topological polar surface area (TPSA) is 71.3 Å². The maximum Gasteiger partial charge on any atom is 0.249 e. The van der Waals surface area contributed by atoms with Crippen LogP contribution in [-0.4, -0.2) is 20.1 Å². The maximum absolute atomic E-state index is 12.5. The molecule has 2 aromatic rings. The Morgan fingerprint density at radius 1 is 1.31 bits per heavy atom. The van der Waals surface area contributed by atoms with Gasteiger partial charge < -0.3 is 14.8 Å². The number of methoxy groups -OCH3 is 2. The molecule has 29 heavy (non-hydrogen) atoms. The number of nitriles is 1. The zero-order chi connectivity index (χ0) is 21.0. The van der Waals surface area contributed by atoms with Crippen LogP contribution in [0.5, 0.6) is 11.5 Å². The van der Waals surface area contributed by atoms with Crippen molar-refractivity contribution in [2.75, 3.05) is 19.5 Å². The van der Waals surface area contributed by atoms with Crippen LogP contribution in [0, 0.1) is 21.1 Å². The number of fused-ring (bicyclic) bond motifs is 1. The van der Waals surface area contributed by atoms with Crippen molar-refractivity contribution < 1.29 is 14.3 Å². The van der Waals surface area contributed by atoms with Gasteiger partial charge in [-0.05, 0) is 60.1 Å². The van der Waals surface area contributed by atoms with Gasteiger partial charge in [0.15, 0.2) is 11.5 Å². The van der Waals surface area contributed by atoms with Gasteiger partial charge in [-0.2, -0.15) is 5.26 Å². The minimum absolute atomic E-state index is 0.314. The van der Waals surface area contributed by atoms with E-state index < -0.39 is 0 Å². The average Bonchev–Trinajstić information content (AvgIpc) is 2.72. The van der Waals surface area contributed by atoms with Gasteiger partial charge >= 0.3 is 0 Å². The van der Waals surface area contributed by atoms with Crippen molar-refractivity contribution in [1.82, 2.24) is 0 Å². The van der Waals surface area contributed by atoms with E-state index >= 15 is 0 Å². The fourth-order valence-electron chi connectivity index (χ4n) is 3.43. The lowest BCUT2D eigenvalue weighted by molar-refractivity contribution is -0.111. The van der Waals surface area contributed by atoms with Crippen LogP contribution in [0.3, 0.4) is 0 Å². The predicted molar refractivity (Wildman–Crippen MR) is 118 cm³/mol. The molecule has 0 fully saturated rings. The molecule has 150 valence electrons. The molecule has 5 nitrogen and oxygen atoms in total. The minimum atomic E-state index is -0.314. The van der Waals surface area contributed by atoms with Gasteiger partial charge in [-0.15, -0.1) is 11.3 Å². The molecule has 1 aromatic heterocycles. The number of hydrogen-bond acceptors (Lipinski definition) is 6. The van der Waals surface area contributed by atoms with Crippen LogP contribution in [-0.2, 0) is 17.6 Å². The van der Waals surface area contributed by atoms with Gasteiger partial charge in [0.1, 0.15) is 11.1 Å². The van der Waals surface area contributed by atoms with Gasteiger partial charge in [0.2, 0.25) is 5.91 Å². The number of benzene rings is 1. The molecular formula is C22H22N2O3S2. The number of rotatable bonds is 5. The van der Waals surface area contributed by atoms with Crippen molar-refractivity contribution in [2.45, 2.75) is 26.2 Å². The average molecular weight is 427 g/mol. The van der Waals surface area contributed by atoms with Crippen molar-refractivity contribution in [3.05, 3.63) is 50.4 Å². The van der Waals surface area contributed by atoms with Gasteiger partial charge in [-0.1, -0.05) is 25.2 Å². The van der Waals surface area contributed by atoms with E-state index in [2.05, 4.69) is 18.3 Å². The van der Waals surface area contributed by atoms with Crippen LogP contribution in [0.25, 0.3) is 6.08 Å². The molecule has 1 atom stereocenters. The number of ether oxygens (including phenoxy) is 2. The number of anilines is 1. The van der Waals surface area contributed by atoms with Crippen LogP contribution in [0.2, 0.25) is 0 Å². The highest BCUT2D eigenvalue weighted by atomic mass is 32.1. The molecular weight excluding hydrogens is 404 g/mol. The summed E-state index contributed by atoms with van der Waals surface area (Å²) in [5, 5.41) is 13.0. The van der Waals surface area contributed by atoms with Gasteiger partial charge in [-0.25, -0.2) is 0 Å². The summed E-state index contributed by atoms with van der Waals surface area (Å²) in [6, 6.07) is 7.66. The molecule has 1 aromatic carbocycles. The molecule has 1 unspecified atom stereocenters. The molecule has 1 N–H and O–H groups in total. The van der Waals surface area contributed by atoms with Gasteiger partial charge in [0.05, 0.1) is 23.6 Å². The Bertz CT molecular complexity index is 1070. The first kappa shape index (κ1) is 21.0. The van der Waals surface area contributed by atoms with Gasteiger partial charge in [-0.3, -0.25) is 4.79 Å². The summed E-state index contributed by atoms with van der Waals surface area (Å²) in [7, 11) is 3.13. The van der Waals surface area contributed by atoms with Crippen LogP contribution >= 0.6 is 23.6 Å². The highest BCUT2D eigenvalue weighted by Crippen LogP contribution is 2.36. The first-order chi connectivity index (χ1) is 14.0. The lowest BCUT2D eigenvalue weighted by atomic mass is 9.85. The van der Waals surface area contributed by atoms with Gasteiger partial charge in [0, 0.05) is 6.08 Å². The molecule has 0 saturated heterocycles. The first-order valence-electron chi connectivity index (χ1n) is 9.26. The molecule has 7 heteroatoms. The van der Waals surface area contributed by atoms with Gasteiger partial charge in [0.25, 0.3) is 0 Å². The highest BCUT2D eigenvalue weighted by molar-refractivity contribution is 7.73. The van der Waals surface area contributed by atoms with Crippen LogP contribution in [0.1, 0.15) is 35.6 Å². The lowest BCUT2D eigenvalue weighted by Gasteiger charge is -2.23. The largest absolute Gasteiger partial charge is 0.493 e. The van der Waals surface area contributed by atoms with Crippen molar-refractivity contribution in [2.24, 2.45) is 5.92 Å². The Labute approximate surface area is 179 Å². The third-order valence-corrected chi connectivity index (χ3v) is 6.40. The van der Waals surface area contributed by atoms with Crippen LogP contribution in [0.15, 0.2) is 24.3 Å². The lowest BCUT2D eigenvalue weighted by Crippen LogP contribution is -2.15. The molecule has 1 aliphatic rings. The van der Waals surface area contributed by atoms with Crippen molar-refractivity contribution in [1.29, 1.82) is 5.26 Å². The quantitative estimate of drug-likeness (QED) is 0.529. The predicted octanol–water partition coefficient (Wildman–Crippen LogP) is 5.14. The third-order valence-electron chi connectivity index (χ3n) is 4.96. The zero-order valence-electron chi connectivity index (χ0n) is 16.6. The number of nitrogens with one attached hydrogen (secondary N) is 1. The molecule has 0 bridgehead atoms. The normalized spacial score (nSPS) is 15.4. The second kappa shape index (κ2) is 9.21. The molecule has 0 spiro atoms. The minimum Gasteiger partial charge on any atom is -0.493 e. The van der Waals surface area contributed by atoms with E-state index in [1.165, 1.54) is 17.4 Å². The SMILES string of the molecule is COc1ccc(/C=C/C(=O)Nc2sc(=S)c3c(c2C#N)CCC(C)C3)cc1OC. The summed E-state index contributed by atoms with van der Waals surface area (Å²) in [6.07, 6.45) is 5.86. The van der Waals surface area contributed by atoms with Crippen molar-refractivity contribution in [3.8, 4) is 17.6 Å². The summed E-state index contributed by atoms with van der Waals surface area (Å²) < 4.78 is 11.2. The molecule has 0 aliphatic heterocycles. The monoisotopic (exact) mass is 426 g/mol.